The number of thioether (sulfide) groups is 2. The second-order valence-electron chi connectivity index (χ2n) is 4.75. The Balaban J connectivity index is 1.96. The van der Waals surface area contributed by atoms with Crippen LogP contribution in [0.1, 0.15) is 19.4 Å². The largest absolute Gasteiger partial charge is 0.326 e. The number of halogens is 1. The Morgan fingerprint density at radius 2 is 2.28 bits per heavy atom. The predicted octanol–water partition coefficient (Wildman–Crippen LogP) is 3.23. The molecule has 1 fully saturated rings. The first-order valence-corrected chi connectivity index (χ1v) is 8.56. The van der Waals surface area contributed by atoms with Crippen molar-refractivity contribution in [3.05, 3.63) is 29.0 Å². The summed E-state index contributed by atoms with van der Waals surface area (Å²) in [6, 6.07) is 2.13. The fourth-order valence-electron chi connectivity index (χ4n) is 1.99. The summed E-state index contributed by atoms with van der Waals surface area (Å²) >= 11 is 10.2. The van der Waals surface area contributed by atoms with Gasteiger partial charge in [0.2, 0.25) is 0 Å². The van der Waals surface area contributed by atoms with Gasteiger partial charge in [0.1, 0.15) is 0 Å². The van der Waals surface area contributed by atoms with Crippen LogP contribution in [0.15, 0.2) is 18.5 Å². The lowest BCUT2D eigenvalue weighted by Gasteiger charge is -2.34. The van der Waals surface area contributed by atoms with E-state index in [-0.39, 0.29) is 6.04 Å². The molecular weight excluding hydrogens is 284 g/mol. The summed E-state index contributed by atoms with van der Waals surface area (Å²) in [5, 5.41) is 2.64. The van der Waals surface area contributed by atoms with Gasteiger partial charge in [-0.2, -0.15) is 23.5 Å². The van der Waals surface area contributed by atoms with E-state index in [1.54, 1.807) is 12.4 Å². The summed E-state index contributed by atoms with van der Waals surface area (Å²) in [5.41, 5.74) is 7.45. The van der Waals surface area contributed by atoms with Crippen LogP contribution in [0.2, 0.25) is 5.02 Å². The maximum absolute atomic E-state index is 6.34. The van der Waals surface area contributed by atoms with Gasteiger partial charge in [-0.15, -0.1) is 0 Å². The number of hydrogen-bond acceptors (Lipinski definition) is 4. The predicted molar refractivity (Wildman–Crippen MR) is 83.7 cm³/mol. The Bertz CT molecular complexity index is 402. The van der Waals surface area contributed by atoms with Crippen LogP contribution in [0, 0.1) is 0 Å². The maximum atomic E-state index is 6.34. The molecule has 1 aliphatic heterocycles. The van der Waals surface area contributed by atoms with Crippen LogP contribution in [0.25, 0.3) is 0 Å². The van der Waals surface area contributed by atoms with Gasteiger partial charge in [0.05, 0.1) is 5.02 Å². The molecule has 1 aromatic heterocycles. The standard InChI is InChI=1S/C13H19ClN2S2/c1-8-9(2)18-13(7-17-8)12(15)5-10-3-4-16-6-11(10)14/h3-4,6,8-9,12-13H,5,7,15H2,1-2H3. The van der Waals surface area contributed by atoms with E-state index in [2.05, 4.69) is 18.8 Å². The van der Waals surface area contributed by atoms with Gasteiger partial charge >= 0.3 is 0 Å². The van der Waals surface area contributed by atoms with Gasteiger partial charge in [0.15, 0.2) is 0 Å². The molecule has 1 aliphatic rings. The van der Waals surface area contributed by atoms with Gasteiger partial charge in [-0.3, -0.25) is 4.98 Å². The van der Waals surface area contributed by atoms with Crippen LogP contribution >= 0.6 is 35.1 Å². The molecule has 0 bridgehead atoms. The second kappa shape index (κ2) is 6.51. The van der Waals surface area contributed by atoms with Crippen molar-refractivity contribution >= 4 is 35.1 Å². The molecule has 1 saturated heterocycles. The van der Waals surface area contributed by atoms with Gasteiger partial charge in [-0.05, 0) is 18.1 Å². The maximum Gasteiger partial charge on any atom is 0.0621 e. The molecule has 0 amide bonds. The monoisotopic (exact) mass is 302 g/mol. The number of hydrogen-bond donors (Lipinski definition) is 1. The third kappa shape index (κ3) is 3.56. The molecule has 2 N–H and O–H groups in total. The van der Waals surface area contributed by atoms with Crippen LogP contribution in [-0.2, 0) is 6.42 Å². The van der Waals surface area contributed by atoms with E-state index < -0.39 is 0 Å². The third-order valence-electron chi connectivity index (χ3n) is 3.36. The topological polar surface area (TPSA) is 38.9 Å². The van der Waals surface area contributed by atoms with Gasteiger partial charge in [0.25, 0.3) is 0 Å². The minimum Gasteiger partial charge on any atom is -0.326 e. The van der Waals surface area contributed by atoms with Crippen molar-refractivity contribution in [1.82, 2.24) is 4.98 Å². The molecule has 0 saturated carbocycles. The molecule has 2 nitrogen and oxygen atoms in total. The minimum absolute atomic E-state index is 0.164. The molecule has 2 heterocycles. The van der Waals surface area contributed by atoms with E-state index in [9.17, 15) is 0 Å². The average molecular weight is 303 g/mol. The zero-order chi connectivity index (χ0) is 13.1. The zero-order valence-corrected chi connectivity index (χ0v) is 13.1. The van der Waals surface area contributed by atoms with Crippen molar-refractivity contribution in [3.8, 4) is 0 Å². The molecule has 1 aromatic rings. The Morgan fingerprint density at radius 3 is 2.94 bits per heavy atom. The quantitative estimate of drug-likeness (QED) is 0.930. The van der Waals surface area contributed by atoms with E-state index in [4.69, 9.17) is 17.3 Å². The van der Waals surface area contributed by atoms with Crippen LogP contribution in [0.5, 0.6) is 0 Å². The van der Waals surface area contributed by atoms with Crippen LogP contribution < -0.4 is 5.73 Å². The lowest BCUT2D eigenvalue weighted by molar-refractivity contribution is 0.656. The first kappa shape index (κ1) is 14.5. The van der Waals surface area contributed by atoms with Gasteiger partial charge in [0, 0.05) is 39.9 Å². The molecule has 0 aliphatic carbocycles. The van der Waals surface area contributed by atoms with E-state index in [1.165, 1.54) is 0 Å². The zero-order valence-electron chi connectivity index (χ0n) is 10.7. The second-order valence-corrected chi connectivity index (χ2v) is 8.19. The van der Waals surface area contributed by atoms with Crippen molar-refractivity contribution in [3.63, 3.8) is 0 Å². The van der Waals surface area contributed by atoms with Crippen molar-refractivity contribution in [2.24, 2.45) is 5.73 Å². The number of pyridine rings is 1. The molecule has 100 valence electrons. The summed E-state index contributed by atoms with van der Waals surface area (Å²) in [7, 11) is 0. The molecule has 4 atom stereocenters. The first-order valence-electron chi connectivity index (χ1n) is 6.19. The van der Waals surface area contributed by atoms with Crippen LogP contribution in [0.3, 0.4) is 0 Å². The molecule has 5 heteroatoms. The summed E-state index contributed by atoms with van der Waals surface area (Å²) < 4.78 is 0. The SMILES string of the molecule is CC1SCC(C(N)Cc2ccncc2Cl)SC1C. The Morgan fingerprint density at radius 1 is 1.50 bits per heavy atom. The van der Waals surface area contributed by atoms with Crippen molar-refractivity contribution in [2.45, 2.75) is 42.1 Å². The Kier molecular flexibility index (Phi) is 5.24. The van der Waals surface area contributed by atoms with Gasteiger partial charge in [-0.25, -0.2) is 0 Å². The normalized spacial score (nSPS) is 30.1. The minimum atomic E-state index is 0.164. The molecular formula is C13H19ClN2S2. The Hall–Kier alpha value is 0.1000. The van der Waals surface area contributed by atoms with Crippen molar-refractivity contribution in [2.75, 3.05) is 5.75 Å². The highest BCUT2D eigenvalue weighted by molar-refractivity contribution is 8.07. The van der Waals surface area contributed by atoms with Crippen molar-refractivity contribution in [1.29, 1.82) is 0 Å². The molecule has 0 radical (unpaired) electrons. The van der Waals surface area contributed by atoms with E-state index in [0.717, 1.165) is 28.0 Å². The first-order chi connectivity index (χ1) is 8.58. The number of aromatic nitrogens is 1. The molecule has 0 spiro atoms. The summed E-state index contributed by atoms with van der Waals surface area (Å²) in [5.74, 6) is 1.14. The van der Waals surface area contributed by atoms with E-state index in [0.29, 0.717) is 10.5 Å². The summed E-state index contributed by atoms with van der Waals surface area (Å²) in [6.45, 7) is 4.59. The van der Waals surface area contributed by atoms with E-state index in [1.807, 2.05) is 29.6 Å². The fraction of sp³-hybridized carbons (Fsp3) is 0.615. The van der Waals surface area contributed by atoms with Gasteiger partial charge < -0.3 is 5.73 Å². The van der Waals surface area contributed by atoms with Crippen molar-refractivity contribution < 1.29 is 0 Å². The number of nitrogens with zero attached hydrogens (tertiary/aromatic N) is 1. The highest BCUT2D eigenvalue weighted by Gasteiger charge is 2.29. The van der Waals surface area contributed by atoms with E-state index >= 15 is 0 Å². The third-order valence-corrected chi connectivity index (χ3v) is 7.28. The highest BCUT2D eigenvalue weighted by Crippen LogP contribution is 2.37. The smallest absolute Gasteiger partial charge is 0.0621 e. The fourth-order valence-corrected chi connectivity index (χ4v) is 5.24. The lowest BCUT2D eigenvalue weighted by Crippen LogP contribution is -2.41. The summed E-state index contributed by atoms with van der Waals surface area (Å²) in [6.07, 6.45) is 4.30. The Labute approximate surface area is 122 Å². The average Bonchev–Trinajstić information content (AvgIpc) is 2.35. The number of nitrogens with two attached hydrogens (primary N) is 1. The summed E-state index contributed by atoms with van der Waals surface area (Å²) in [4.78, 5) is 4.00. The molecule has 0 aromatic carbocycles. The highest BCUT2D eigenvalue weighted by atomic mass is 35.5. The van der Waals surface area contributed by atoms with Gasteiger partial charge in [-0.1, -0.05) is 25.4 Å². The lowest BCUT2D eigenvalue weighted by atomic mass is 10.1. The van der Waals surface area contributed by atoms with Crippen LogP contribution in [-0.4, -0.2) is 32.5 Å². The van der Waals surface area contributed by atoms with Crippen LogP contribution in [0.4, 0.5) is 0 Å². The molecule has 2 rings (SSSR count). The molecule has 18 heavy (non-hydrogen) atoms. The number of rotatable bonds is 3. The molecule has 4 unspecified atom stereocenters.